The highest BCUT2D eigenvalue weighted by Gasteiger charge is 2.30. The van der Waals surface area contributed by atoms with Crippen LogP contribution >= 0.6 is 0 Å². The van der Waals surface area contributed by atoms with Crippen LogP contribution in [0.25, 0.3) is 27.4 Å². The number of ketones is 1. The minimum absolute atomic E-state index is 0.0237. The van der Waals surface area contributed by atoms with Gasteiger partial charge in [-0.15, -0.1) is 0 Å². The van der Waals surface area contributed by atoms with Gasteiger partial charge in [0.15, 0.2) is 5.78 Å². The topological polar surface area (TPSA) is 49.7 Å². The minimum Gasteiger partial charge on any atom is -0.497 e. The zero-order valence-corrected chi connectivity index (χ0v) is 21.3. The summed E-state index contributed by atoms with van der Waals surface area (Å²) in [5.41, 5.74) is 7.92. The standard InChI is InChI=1S/C32H27NO4/c1-33-28-15-13-23(37-4)17-26(28)31-25-18-27(32(34)20-7-11-22(36-3)12-8-20)30(24(25)14-16-29(31)33)19-5-9-21(35-2)10-6-19/h5-17H,18H2,1-4H3. The number of ether oxygens (including phenoxy) is 3. The Morgan fingerprint density at radius 3 is 1.97 bits per heavy atom. The number of allylic oxidation sites excluding steroid dienone is 1. The molecule has 184 valence electrons. The Morgan fingerprint density at radius 2 is 1.32 bits per heavy atom. The Hall–Kier alpha value is -4.51. The van der Waals surface area contributed by atoms with E-state index in [1.54, 1.807) is 21.3 Å². The van der Waals surface area contributed by atoms with Crippen LogP contribution in [-0.4, -0.2) is 31.7 Å². The van der Waals surface area contributed by atoms with Gasteiger partial charge in [0.25, 0.3) is 0 Å². The molecule has 0 bridgehead atoms. The number of fused-ring (bicyclic) bond motifs is 5. The second-order valence-electron chi connectivity index (χ2n) is 9.24. The van der Waals surface area contributed by atoms with E-state index in [0.29, 0.717) is 12.0 Å². The molecule has 1 heterocycles. The molecule has 0 unspecified atom stereocenters. The lowest BCUT2D eigenvalue weighted by Gasteiger charge is -2.11. The molecule has 4 aromatic carbocycles. The maximum atomic E-state index is 14.0. The predicted molar refractivity (Wildman–Crippen MR) is 147 cm³/mol. The Bertz CT molecular complexity index is 1710. The van der Waals surface area contributed by atoms with E-state index in [0.717, 1.165) is 61.3 Å². The lowest BCUT2D eigenvalue weighted by molar-refractivity contribution is 0.103. The van der Waals surface area contributed by atoms with Gasteiger partial charge in [0.05, 0.1) is 21.3 Å². The number of carbonyl (C=O) groups excluding carboxylic acids is 1. The van der Waals surface area contributed by atoms with Crippen LogP contribution in [0.4, 0.5) is 0 Å². The quantitative estimate of drug-likeness (QED) is 0.252. The average Bonchev–Trinajstić information content (AvgIpc) is 3.48. The number of Topliss-reactive ketones (excluding diaryl/α,β-unsaturated/α-hetero) is 1. The number of hydrogen-bond donors (Lipinski definition) is 0. The van der Waals surface area contributed by atoms with Gasteiger partial charge < -0.3 is 18.8 Å². The van der Waals surface area contributed by atoms with Crippen molar-refractivity contribution in [2.75, 3.05) is 21.3 Å². The number of nitrogens with zero attached hydrogens (tertiary/aromatic N) is 1. The molecule has 0 spiro atoms. The van der Waals surface area contributed by atoms with Crippen molar-refractivity contribution < 1.29 is 19.0 Å². The Kier molecular flexibility index (Phi) is 5.49. The Labute approximate surface area is 215 Å². The van der Waals surface area contributed by atoms with E-state index in [-0.39, 0.29) is 5.78 Å². The van der Waals surface area contributed by atoms with Crippen molar-refractivity contribution >= 4 is 33.2 Å². The van der Waals surface area contributed by atoms with Gasteiger partial charge in [0.1, 0.15) is 17.2 Å². The Morgan fingerprint density at radius 1 is 0.730 bits per heavy atom. The van der Waals surface area contributed by atoms with E-state index >= 15 is 0 Å². The first-order valence-corrected chi connectivity index (χ1v) is 12.2. The number of aryl methyl sites for hydroxylation is 1. The fourth-order valence-electron chi connectivity index (χ4n) is 5.52. The number of benzene rings is 4. The van der Waals surface area contributed by atoms with Crippen LogP contribution in [0, 0.1) is 0 Å². The second-order valence-corrected chi connectivity index (χ2v) is 9.24. The summed E-state index contributed by atoms with van der Waals surface area (Å²) in [6.45, 7) is 0. The molecule has 1 aliphatic carbocycles. The molecule has 6 rings (SSSR count). The molecule has 0 saturated carbocycles. The summed E-state index contributed by atoms with van der Waals surface area (Å²) < 4.78 is 18.4. The molecule has 0 radical (unpaired) electrons. The largest absolute Gasteiger partial charge is 0.497 e. The van der Waals surface area contributed by atoms with Gasteiger partial charge in [0.2, 0.25) is 0 Å². The molecule has 0 fully saturated rings. The molecule has 37 heavy (non-hydrogen) atoms. The third-order valence-electron chi connectivity index (χ3n) is 7.42. The first-order chi connectivity index (χ1) is 18.0. The zero-order chi connectivity index (χ0) is 25.7. The normalized spacial score (nSPS) is 12.8. The van der Waals surface area contributed by atoms with Crippen LogP contribution in [0.2, 0.25) is 0 Å². The molecule has 0 N–H and O–H groups in total. The molecule has 1 aliphatic rings. The van der Waals surface area contributed by atoms with E-state index < -0.39 is 0 Å². The highest BCUT2D eigenvalue weighted by atomic mass is 16.5. The van der Waals surface area contributed by atoms with Gasteiger partial charge >= 0.3 is 0 Å². The van der Waals surface area contributed by atoms with Crippen molar-refractivity contribution in [1.82, 2.24) is 4.57 Å². The second kappa shape index (κ2) is 8.86. The molecule has 5 nitrogen and oxygen atoms in total. The lowest BCUT2D eigenvalue weighted by atomic mass is 9.93. The van der Waals surface area contributed by atoms with Crippen LogP contribution in [-0.2, 0) is 13.5 Å². The number of carbonyl (C=O) groups is 1. The average molecular weight is 490 g/mol. The van der Waals surface area contributed by atoms with E-state index in [1.165, 1.54) is 5.56 Å². The SMILES string of the molecule is COc1ccc(C(=O)C2=C(c3ccc(OC)cc3)c3ccc4c(c3C2)c2cc(OC)ccc2n4C)cc1. The van der Waals surface area contributed by atoms with Crippen molar-refractivity contribution in [2.24, 2.45) is 7.05 Å². The maximum absolute atomic E-state index is 14.0. The van der Waals surface area contributed by atoms with Gasteiger partial charge in [-0.05, 0) is 82.9 Å². The molecule has 5 heteroatoms. The zero-order valence-electron chi connectivity index (χ0n) is 21.3. The summed E-state index contributed by atoms with van der Waals surface area (Å²) in [5.74, 6) is 2.34. The maximum Gasteiger partial charge on any atom is 0.189 e. The number of hydrogen-bond acceptors (Lipinski definition) is 4. The third kappa shape index (κ3) is 3.58. The summed E-state index contributed by atoms with van der Waals surface area (Å²) in [6, 6.07) is 25.8. The number of rotatable bonds is 6. The highest BCUT2D eigenvalue weighted by molar-refractivity contribution is 6.20. The van der Waals surface area contributed by atoms with Crippen LogP contribution < -0.4 is 14.2 Å². The molecular formula is C32H27NO4. The molecular weight excluding hydrogens is 462 g/mol. The summed E-state index contributed by atoms with van der Waals surface area (Å²) in [4.78, 5) is 14.0. The summed E-state index contributed by atoms with van der Waals surface area (Å²) in [5, 5.41) is 2.29. The minimum atomic E-state index is 0.0237. The molecule has 1 aromatic heterocycles. The summed E-state index contributed by atoms with van der Waals surface area (Å²) in [6.07, 6.45) is 0.551. The van der Waals surface area contributed by atoms with Crippen molar-refractivity contribution in [1.29, 1.82) is 0 Å². The van der Waals surface area contributed by atoms with Crippen molar-refractivity contribution in [2.45, 2.75) is 6.42 Å². The number of methoxy groups -OCH3 is 3. The fourth-order valence-corrected chi connectivity index (χ4v) is 5.52. The molecule has 0 amide bonds. The van der Waals surface area contributed by atoms with Crippen LogP contribution in [0.1, 0.15) is 27.0 Å². The first-order valence-electron chi connectivity index (χ1n) is 12.2. The van der Waals surface area contributed by atoms with Crippen molar-refractivity contribution in [3.05, 3.63) is 107 Å². The molecule has 0 aliphatic heterocycles. The van der Waals surface area contributed by atoms with Crippen molar-refractivity contribution in [3.63, 3.8) is 0 Å². The molecule has 5 aromatic rings. The van der Waals surface area contributed by atoms with E-state index in [1.807, 2.05) is 54.6 Å². The van der Waals surface area contributed by atoms with Gasteiger partial charge in [-0.2, -0.15) is 0 Å². The van der Waals surface area contributed by atoms with Crippen LogP contribution in [0.15, 0.2) is 84.4 Å². The molecule has 0 atom stereocenters. The third-order valence-corrected chi connectivity index (χ3v) is 7.42. The Balaban J connectivity index is 1.59. The van der Waals surface area contributed by atoms with Gasteiger partial charge in [0, 0.05) is 46.4 Å². The van der Waals surface area contributed by atoms with E-state index in [4.69, 9.17) is 14.2 Å². The molecule has 0 saturated heterocycles. The van der Waals surface area contributed by atoms with E-state index in [2.05, 4.69) is 35.9 Å². The lowest BCUT2D eigenvalue weighted by Crippen LogP contribution is -2.05. The highest BCUT2D eigenvalue weighted by Crippen LogP contribution is 2.45. The summed E-state index contributed by atoms with van der Waals surface area (Å²) in [7, 11) is 7.05. The smallest absolute Gasteiger partial charge is 0.189 e. The fraction of sp³-hybridized carbons (Fsp3) is 0.156. The monoisotopic (exact) mass is 489 g/mol. The van der Waals surface area contributed by atoms with Crippen LogP contribution in [0.3, 0.4) is 0 Å². The van der Waals surface area contributed by atoms with Gasteiger partial charge in [-0.3, -0.25) is 4.79 Å². The van der Waals surface area contributed by atoms with Crippen molar-refractivity contribution in [3.8, 4) is 17.2 Å². The predicted octanol–water partition coefficient (Wildman–Crippen LogP) is 6.60. The van der Waals surface area contributed by atoms with Gasteiger partial charge in [-0.1, -0.05) is 18.2 Å². The van der Waals surface area contributed by atoms with E-state index in [9.17, 15) is 4.79 Å². The summed E-state index contributed by atoms with van der Waals surface area (Å²) >= 11 is 0. The van der Waals surface area contributed by atoms with Crippen LogP contribution in [0.5, 0.6) is 17.2 Å². The van der Waals surface area contributed by atoms with Gasteiger partial charge in [-0.25, -0.2) is 0 Å². The number of aromatic nitrogens is 1. The first kappa shape index (κ1) is 22.9.